The summed E-state index contributed by atoms with van der Waals surface area (Å²) in [6.07, 6.45) is -4.91. The molecule has 0 aliphatic heterocycles. The maximum Gasteiger partial charge on any atom is 0.473 e. The first kappa shape index (κ1) is 13.0. The predicted molar refractivity (Wildman–Crippen MR) is 52.2 cm³/mol. The Balaban J connectivity index is 3.17. The topological polar surface area (TPSA) is 37.4 Å². The van der Waals surface area contributed by atoms with Crippen molar-refractivity contribution in [1.29, 1.82) is 0 Å². The summed E-state index contributed by atoms with van der Waals surface area (Å²) in [7, 11) is -4.02. The molecule has 90 valence electrons. The highest BCUT2D eigenvalue weighted by Crippen LogP contribution is 2.26. The van der Waals surface area contributed by atoms with E-state index in [-0.39, 0.29) is 4.90 Å². The summed E-state index contributed by atoms with van der Waals surface area (Å²) in [5.41, 5.74) is 0.772. The van der Waals surface area contributed by atoms with E-state index in [0.29, 0.717) is 7.05 Å². The molecule has 0 unspecified atom stereocenters. The van der Waals surface area contributed by atoms with Gasteiger partial charge in [0.1, 0.15) is 0 Å². The average molecular weight is 253 g/mol. The van der Waals surface area contributed by atoms with E-state index in [0.717, 1.165) is 17.7 Å². The van der Waals surface area contributed by atoms with Crippen LogP contribution in [0.25, 0.3) is 0 Å². The van der Waals surface area contributed by atoms with Gasteiger partial charge >= 0.3 is 6.30 Å². The standard InChI is InChI=1S/C9H10F3NO2S/c1-7-3-5-8(6-4-7)16(14,15)13(2)9(10,11)12/h3-6H,1-2H3. The lowest BCUT2D eigenvalue weighted by molar-refractivity contribution is -0.202. The van der Waals surface area contributed by atoms with E-state index in [2.05, 4.69) is 0 Å². The zero-order valence-corrected chi connectivity index (χ0v) is 9.43. The van der Waals surface area contributed by atoms with E-state index < -0.39 is 20.6 Å². The van der Waals surface area contributed by atoms with Crippen molar-refractivity contribution in [3.05, 3.63) is 29.8 Å². The smallest absolute Gasteiger partial charge is 0.207 e. The molecule has 0 spiro atoms. The molecule has 0 radical (unpaired) electrons. The Kier molecular flexibility index (Phi) is 3.30. The van der Waals surface area contributed by atoms with E-state index in [4.69, 9.17) is 0 Å². The summed E-state index contributed by atoms with van der Waals surface area (Å²) in [5.74, 6) is 0. The molecule has 0 N–H and O–H groups in total. The van der Waals surface area contributed by atoms with Crippen LogP contribution in [0.5, 0.6) is 0 Å². The molecule has 0 heterocycles. The number of hydrogen-bond donors (Lipinski definition) is 0. The summed E-state index contributed by atoms with van der Waals surface area (Å²) >= 11 is 0. The molecule has 0 amide bonds. The largest absolute Gasteiger partial charge is 0.473 e. The quantitative estimate of drug-likeness (QED) is 0.757. The van der Waals surface area contributed by atoms with Crippen molar-refractivity contribution >= 4 is 10.0 Å². The number of aryl methyl sites for hydroxylation is 1. The Morgan fingerprint density at radius 2 is 1.56 bits per heavy atom. The van der Waals surface area contributed by atoms with E-state index in [1.54, 1.807) is 6.92 Å². The number of halogens is 3. The molecule has 7 heteroatoms. The van der Waals surface area contributed by atoms with Crippen molar-refractivity contribution in [2.45, 2.75) is 18.1 Å². The van der Waals surface area contributed by atoms with Crippen molar-refractivity contribution < 1.29 is 21.6 Å². The molecule has 16 heavy (non-hydrogen) atoms. The van der Waals surface area contributed by atoms with Crippen LogP contribution in [0.15, 0.2) is 29.2 Å². The van der Waals surface area contributed by atoms with Gasteiger partial charge in [-0.15, -0.1) is 4.31 Å². The third kappa shape index (κ3) is 2.53. The van der Waals surface area contributed by atoms with Gasteiger partial charge in [0.25, 0.3) is 0 Å². The van der Waals surface area contributed by atoms with Gasteiger partial charge in [0, 0.05) is 7.05 Å². The molecule has 0 atom stereocenters. The number of benzene rings is 1. The van der Waals surface area contributed by atoms with E-state index in [9.17, 15) is 21.6 Å². The second kappa shape index (κ2) is 4.06. The van der Waals surface area contributed by atoms with Crippen LogP contribution in [0.1, 0.15) is 5.56 Å². The fourth-order valence-corrected chi connectivity index (χ4v) is 2.07. The van der Waals surface area contributed by atoms with E-state index >= 15 is 0 Å². The number of hydrogen-bond acceptors (Lipinski definition) is 2. The molecule has 1 aromatic carbocycles. The molecule has 0 aliphatic carbocycles. The summed E-state index contributed by atoms with van der Waals surface area (Å²) in [5, 5.41) is 0. The summed E-state index contributed by atoms with van der Waals surface area (Å²) in [6.45, 7) is 1.71. The number of sulfonamides is 1. The van der Waals surface area contributed by atoms with Gasteiger partial charge in [0.2, 0.25) is 10.0 Å². The fraction of sp³-hybridized carbons (Fsp3) is 0.333. The Labute approximate surface area is 91.5 Å². The molecule has 3 nitrogen and oxygen atoms in total. The van der Waals surface area contributed by atoms with Crippen molar-refractivity contribution in [2.75, 3.05) is 7.05 Å². The van der Waals surface area contributed by atoms with E-state index in [1.165, 1.54) is 12.1 Å². The van der Waals surface area contributed by atoms with Crippen LogP contribution in [0, 0.1) is 6.92 Å². The molecule has 0 fully saturated rings. The van der Waals surface area contributed by atoms with Gasteiger partial charge in [-0.1, -0.05) is 17.7 Å². The van der Waals surface area contributed by atoms with Crippen LogP contribution in [-0.4, -0.2) is 26.1 Å². The first-order chi connectivity index (χ1) is 7.15. The minimum Gasteiger partial charge on any atom is -0.207 e. The van der Waals surface area contributed by atoms with Gasteiger partial charge in [-0.3, -0.25) is 0 Å². The third-order valence-corrected chi connectivity index (χ3v) is 3.83. The van der Waals surface area contributed by atoms with Crippen LogP contribution < -0.4 is 0 Å². The Bertz CT molecular complexity index is 465. The first-order valence-electron chi connectivity index (χ1n) is 4.28. The molecular weight excluding hydrogens is 243 g/mol. The zero-order valence-electron chi connectivity index (χ0n) is 8.62. The van der Waals surface area contributed by atoms with Crippen LogP contribution >= 0.6 is 0 Å². The summed E-state index contributed by atoms with van der Waals surface area (Å²) < 4.78 is 59.2. The highest BCUT2D eigenvalue weighted by atomic mass is 32.2. The van der Waals surface area contributed by atoms with Gasteiger partial charge < -0.3 is 0 Å². The minimum absolute atomic E-state index is 0.377. The lowest BCUT2D eigenvalue weighted by atomic mass is 10.2. The fourth-order valence-electron chi connectivity index (χ4n) is 1.00. The van der Waals surface area contributed by atoms with Crippen molar-refractivity contribution in [1.82, 2.24) is 4.31 Å². The third-order valence-electron chi connectivity index (χ3n) is 2.04. The number of alkyl halides is 3. The second-order valence-corrected chi connectivity index (χ2v) is 5.22. The Hall–Kier alpha value is -1.08. The van der Waals surface area contributed by atoms with Crippen molar-refractivity contribution in [2.24, 2.45) is 0 Å². The minimum atomic E-state index is -4.91. The highest BCUT2D eigenvalue weighted by molar-refractivity contribution is 7.89. The number of rotatable bonds is 2. The van der Waals surface area contributed by atoms with Gasteiger partial charge in [-0.25, -0.2) is 8.42 Å². The van der Waals surface area contributed by atoms with Crippen LogP contribution in [-0.2, 0) is 10.0 Å². The summed E-state index contributed by atoms with van der Waals surface area (Å²) in [4.78, 5) is -0.377. The molecule has 1 aromatic rings. The molecular formula is C9H10F3NO2S. The molecule has 0 aromatic heterocycles. The predicted octanol–water partition coefficient (Wildman–Crippen LogP) is 2.14. The van der Waals surface area contributed by atoms with Crippen LogP contribution in [0.2, 0.25) is 0 Å². The highest BCUT2D eigenvalue weighted by Gasteiger charge is 2.43. The molecule has 0 saturated carbocycles. The normalized spacial score (nSPS) is 13.1. The van der Waals surface area contributed by atoms with Gasteiger partial charge in [0.05, 0.1) is 4.90 Å². The number of nitrogens with zero attached hydrogens (tertiary/aromatic N) is 1. The SMILES string of the molecule is Cc1ccc(S(=O)(=O)N(C)C(F)(F)F)cc1. The maximum atomic E-state index is 12.3. The van der Waals surface area contributed by atoms with Gasteiger partial charge in [-0.2, -0.15) is 13.2 Å². The van der Waals surface area contributed by atoms with Crippen molar-refractivity contribution in [3.8, 4) is 0 Å². The first-order valence-corrected chi connectivity index (χ1v) is 5.72. The second-order valence-electron chi connectivity index (χ2n) is 3.25. The molecule has 0 bridgehead atoms. The Morgan fingerprint density at radius 3 is 1.94 bits per heavy atom. The molecule has 1 rings (SSSR count). The Morgan fingerprint density at radius 1 is 1.12 bits per heavy atom. The van der Waals surface area contributed by atoms with Gasteiger partial charge in [0.15, 0.2) is 0 Å². The molecule has 0 saturated heterocycles. The van der Waals surface area contributed by atoms with Gasteiger partial charge in [-0.05, 0) is 19.1 Å². The lowest BCUT2D eigenvalue weighted by Crippen LogP contribution is -2.39. The summed E-state index contributed by atoms with van der Waals surface area (Å²) in [6, 6.07) is 5.17. The monoisotopic (exact) mass is 253 g/mol. The average Bonchev–Trinajstić information content (AvgIpc) is 2.16. The van der Waals surface area contributed by atoms with Crippen molar-refractivity contribution in [3.63, 3.8) is 0 Å². The zero-order chi connectivity index (χ0) is 12.6. The lowest BCUT2D eigenvalue weighted by Gasteiger charge is -2.19. The maximum absolute atomic E-state index is 12.3. The molecule has 0 aliphatic rings. The van der Waals surface area contributed by atoms with Crippen LogP contribution in [0.4, 0.5) is 13.2 Å². The van der Waals surface area contributed by atoms with E-state index in [1.807, 2.05) is 0 Å². The van der Waals surface area contributed by atoms with Crippen LogP contribution in [0.3, 0.4) is 0 Å².